The highest BCUT2D eigenvalue weighted by Gasteiger charge is 2.15. The van der Waals surface area contributed by atoms with E-state index in [1.165, 1.54) is 0 Å². The number of ether oxygens (including phenoxy) is 1. The van der Waals surface area contributed by atoms with E-state index in [2.05, 4.69) is 18.8 Å². The summed E-state index contributed by atoms with van der Waals surface area (Å²) >= 11 is 0. The fourth-order valence-electron chi connectivity index (χ4n) is 2.06. The molecule has 1 aromatic carbocycles. The highest BCUT2D eigenvalue weighted by molar-refractivity contribution is 5.82. The van der Waals surface area contributed by atoms with Gasteiger partial charge in [-0.05, 0) is 29.7 Å². The summed E-state index contributed by atoms with van der Waals surface area (Å²) in [5.41, 5.74) is 2.53. The number of aromatic nitrogens is 1. The Morgan fingerprint density at radius 3 is 2.68 bits per heavy atom. The first-order chi connectivity index (χ1) is 9.06. The van der Waals surface area contributed by atoms with Gasteiger partial charge in [-0.2, -0.15) is 0 Å². The van der Waals surface area contributed by atoms with Gasteiger partial charge in [0.1, 0.15) is 11.4 Å². The molecular weight excluding hydrogens is 242 g/mol. The summed E-state index contributed by atoms with van der Waals surface area (Å²) in [4.78, 5) is 15.3. The number of oxazole rings is 1. The highest BCUT2D eigenvalue weighted by atomic mass is 16.5. The fourth-order valence-corrected chi connectivity index (χ4v) is 2.06. The zero-order chi connectivity index (χ0) is 14.0. The number of hydrogen-bond acceptors (Lipinski definition) is 4. The molecule has 0 aliphatic rings. The third-order valence-electron chi connectivity index (χ3n) is 2.99. The SMILES string of the molecule is COc1ccc(-c2nc(C)oc2C=O)cc1C(C)C. The number of rotatable bonds is 4. The average Bonchev–Trinajstić information content (AvgIpc) is 2.79. The lowest BCUT2D eigenvalue weighted by molar-refractivity contribution is 0.110. The van der Waals surface area contributed by atoms with Crippen LogP contribution >= 0.6 is 0 Å². The van der Waals surface area contributed by atoms with Gasteiger partial charge in [0.2, 0.25) is 0 Å². The van der Waals surface area contributed by atoms with Crippen molar-refractivity contribution in [2.45, 2.75) is 26.7 Å². The van der Waals surface area contributed by atoms with E-state index in [0.29, 0.717) is 23.8 Å². The number of carbonyl (C=O) groups is 1. The molecule has 0 unspecified atom stereocenters. The Balaban J connectivity index is 2.56. The molecule has 1 aromatic heterocycles. The largest absolute Gasteiger partial charge is 0.496 e. The highest BCUT2D eigenvalue weighted by Crippen LogP contribution is 2.32. The lowest BCUT2D eigenvalue weighted by Crippen LogP contribution is -1.95. The Morgan fingerprint density at radius 2 is 2.11 bits per heavy atom. The van der Waals surface area contributed by atoms with Crippen LogP contribution in [-0.4, -0.2) is 18.4 Å². The van der Waals surface area contributed by atoms with Crippen LogP contribution in [0.5, 0.6) is 5.75 Å². The standard InChI is InChI=1S/C15H17NO3/c1-9(2)12-7-11(5-6-13(12)18-4)15-14(8-17)19-10(3)16-15/h5-9H,1-4H3. The van der Waals surface area contributed by atoms with Crippen molar-refractivity contribution in [3.05, 3.63) is 35.4 Å². The molecule has 19 heavy (non-hydrogen) atoms. The van der Waals surface area contributed by atoms with Crippen molar-refractivity contribution in [2.24, 2.45) is 0 Å². The molecule has 2 rings (SSSR count). The van der Waals surface area contributed by atoms with Crippen LogP contribution in [0.25, 0.3) is 11.3 Å². The van der Waals surface area contributed by atoms with Gasteiger partial charge in [0, 0.05) is 12.5 Å². The van der Waals surface area contributed by atoms with Crippen LogP contribution in [0, 0.1) is 6.92 Å². The minimum Gasteiger partial charge on any atom is -0.496 e. The van der Waals surface area contributed by atoms with E-state index in [4.69, 9.17) is 9.15 Å². The van der Waals surface area contributed by atoms with Crippen molar-refractivity contribution in [3.63, 3.8) is 0 Å². The second-order valence-electron chi connectivity index (χ2n) is 4.68. The second-order valence-corrected chi connectivity index (χ2v) is 4.68. The summed E-state index contributed by atoms with van der Waals surface area (Å²) in [6.45, 7) is 5.91. The van der Waals surface area contributed by atoms with Crippen LogP contribution in [0.15, 0.2) is 22.6 Å². The summed E-state index contributed by atoms with van der Waals surface area (Å²) in [6.07, 6.45) is 0.689. The van der Waals surface area contributed by atoms with E-state index in [0.717, 1.165) is 16.9 Å². The Hall–Kier alpha value is -2.10. The van der Waals surface area contributed by atoms with E-state index < -0.39 is 0 Å². The molecule has 100 valence electrons. The average molecular weight is 259 g/mol. The quantitative estimate of drug-likeness (QED) is 0.787. The van der Waals surface area contributed by atoms with Gasteiger partial charge in [-0.1, -0.05) is 13.8 Å². The molecule has 0 saturated carbocycles. The van der Waals surface area contributed by atoms with Gasteiger partial charge in [0.25, 0.3) is 0 Å². The number of nitrogens with zero attached hydrogens (tertiary/aromatic N) is 1. The van der Waals surface area contributed by atoms with E-state index in [1.54, 1.807) is 14.0 Å². The maximum atomic E-state index is 11.0. The summed E-state index contributed by atoms with van der Waals surface area (Å²) in [5, 5.41) is 0. The van der Waals surface area contributed by atoms with Crippen LogP contribution in [0.4, 0.5) is 0 Å². The minimum atomic E-state index is 0.261. The molecule has 4 heteroatoms. The maximum Gasteiger partial charge on any atom is 0.195 e. The van der Waals surface area contributed by atoms with Crippen molar-refractivity contribution in [3.8, 4) is 17.0 Å². The lowest BCUT2D eigenvalue weighted by atomic mass is 9.98. The Bertz CT molecular complexity index is 599. The Kier molecular flexibility index (Phi) is 3.69. The van der Waals surface area contributed by atoms with Crippen LogP contribution in [0.3, 0.4) is 0 Å². The number of aldehydes is 1. The van der Waals surface area contributed by atoms with E-state index in [-0.39, 0.29) is 5.76 Å². The predicted octanol–water partition coefficient (Wildman–Crippen LogP) is 3.59. The molecule has 0 aliphatic carbocycles. The van der Waals surface area contributed by atoms with Gasteiger partial charge in [-0.25, -0.2) is 4.98 Å². The fraction of sp³-hybridized carbons (Fsp3) is 0.333. The molecule has 0 amide bonds. The number of hydrogen-bond donors (Lipinski definition) is 0. The van der Waals surface area contributed by atoms with Crippen LogP contribution in [0.1, 0.15) is 41.8 Å². The molecule has 0 radical (unpaired) electrons. The topological polar surface area (TPSA) is 52.3 Å². The number of methoxy groups -OCH3 is 1. The van der Waals surface area contributed by atoms with E-state index >= 15 is 0 Å². The zero-order valence-electron chi connectivity index (χ0n) is 11.6. The molecule has 0 atom stereocenters. The predicted molar refractivity (Wildman–Crippen MR) is 72.7 cm³/mol. The number of aryl methyl sites for hydroxylation is 1. The smallest absolute Gasteiger partial charge is 0.195 e. The first kappa shape index (κ1) is 13.3. The van der Waals surface area contributed by atoms with Crippen molar-refractivity contribution in [2.75, 3.05) is 7.11 Å². The molecule has 1 heterocycles. The molecule has 0 N–H and O–H groups in total. The Morgan fingerprint density at radius 1 is 1.37 bits per heavy atom. The van der Waals surface area contributed by atoms with Crippen molar-refractivity contribution in [1.82, 2.24) is 4.98 Å². The van der Waals surface area contributed by atoms with Gasteiger partial charge < -0.3 is 9.15 Å². The van der Waals surface area contributed by atoms with Crippen molar-refractivity contribution in [1.29, 1.82) is 0 Å². The first-order valence-electron chi connectivity index (χ1n) is 6.17. The van der Waals surface area contributed by atoms with Crippen LogP contribution < -0.4 is 4.74 Å². The second kappa shape index (κ2) is 5.26. The molecular formula is C15H17NO3. The van der Waals surface area contributed by atoms with E-state index in [9.17, 15) is 4.79 Å². The van der Waals surface area contributed by atoms with Gasteiger partial charge in [0.15, 0.2) is 17.9 Å². The summed E-state index contributed by atoms with van der Waals surface area (Å²) in [7, 11) is 1.65. The molecule has 0 spiro atoms. The van der Waals surface area contributed by atoms with Gasteiger partial charge in [-0.3, -0.25) is 4.79 Å². The Labute approximate surface area is 112 Å². The minimum absolute atomic E-state index is 0.261. The van der Waals surface area contributed by atoms with Gasteiger partial charge >= 0.3 is 0 Å². The van der Waals surface area contributed by atoms with Crippen LogP contribution in [-0.2, 0) is 0 Å². The molecule has 4 nitrogen and oxygen atoms in total. The molecule has 0 bridgehead atoms. The van der Waals surface area contributed by atoms with Crippen LogP contribution in [0.2, 0.25) is 0 Å². The molecule has 0 aliphatic heterocycles. The van der Waals surface area contributed by atoms with Gasteiger partial charge in [-0.15, -0.1) is 0 Å². The maximum absolute atomic E-state index is 11.0. The number of carbonyl (C=O) groups excluding carboxylic acids is 1. The lowest BCUT2D eigenvalue weighted by Gasteiger charge is -2.12. The molecule has 0 fully saturated rings. The summed E-state index contributed by atoms with van der Waals surface area (Å²) in [6, 6.07) is 5.77. The van der Waals surface area contributed by atoms with Crippen molar-refractivity contribution < 1.29 is 13.9 Å². The van der Waals surface area contributed by atoms with Gasteiger partial charge in [0.05, 0.1) is 7.11 Å². The third kappa shape index (κ3) is 2.52. The first-order valence-corrected chi connectivity index (χ1v) is 6.17. The summed E-state index contributed by atoms with van der Waals surface area (Å²) < 4.78 is 10.6. The monoisotopic (exact) mass is 259 g/mol. The molecule has 0 saturated heterocycles. The third-order valence-corrected chi connectivity index (χ3v) is 2.99. The summed E-state index contributed by atoms with van der Waals surface area (Å²) in [5.74, 6) is 1.91. The zero-order valence-corrected chi connectivity index (χ0v) is 11.6. The molecule has 2 aromatic rings. The number of benzene rings is 1. The van der Waals surface area contributed by atoms with E-state index in [1.807, 2.05) is 18.2 Å². The van der Waals surface area contributed by atoms with Crippen molar-refractivity contribution >= 4 is 6.29 Å². The normalized spacial score (nSPS) is 10.8.